The molecule has 0 aromatic heterocycles. The predicted octanol–water partition coefficient (Wildman–Crippen LogP) is 4.21. The van der Waals surface area contributed by atoms with Crippen LogP contribution in [0.5, 0.6) is 0 Å². The number of nitrogens with zero attached hydrogens (tertiary/aromatic N) is 2. The summed E-state index contributed by atoms with van der Waals surface area (Å²) in [5.74, 6) is 0. The molecule has 26 heavy (non-hydrogen) atoms. The molecule has 4 nitrogen and oxygen atoms in total. The zero-order valence-corrected chi connectivity index (χ0v) is 14.1. The van der Waals surface area contributed by atoms with Crippen LogP contribution in [0.2, 0.25) is 0 Å². The van der Waals surface area contributed by atoms with E-state index in [0.717, 1.165) is 16.7 Å². The minimum atomic E-state index is -0.889. The molecule has 0 fully saturated rings. The van der Waals surface area contributed by atoms with E-state index in [1.807, 2.05) is 72.8 Å². The third kappa shape index (κ3) is 4.35. The first-order valence-electron chi connectivity index (χ1n) is 8.25. The van der Waals surface area contributed by atoms with Gasteiger partial charge in [-0.05, 0) is 23.3 Å². The highest BCUT2D eigenvalue weighted by molar-refractivity contribution is 6.03. The lowest BCUT2D eigenvalue weighted by Crippen LogP contribution is -2.14. The van der Waals surface area contributed by atoms with Crippen LogP contribution in [0.3, 0.4) is 0 Å². The Morgan fingerprint density at radius 3 is 2.15 bits per heavy atom. The van der Waals surface area contributed by atoms with Crippen molar-refractivity contribution in [1.82, 2.24) is 0 Å². The minimum Gasteiger partial charge on any atom is -0.391 e. The van der Waals surface area contributed by atoms with Gasteiger partial charge in [0.1, 0.15) is 18.4 Å². The number of aliphatic hydroxyl groups is 1. The van der Waals surface area contributed by atoms with Crippen molar-refractivity contribution in [1.29, 1.82) is 5.26 Å². The van der Waals surface area contributed by atoms with Crippen LogP contribution in [0.15, 0.2) is 90.1 Å². The number of nitriles is 1. The quantitative estimate of drug-likeness (QED) is 0.539. The molecule has 0 aliphatic rings. The molecule has 128 valence electrons. The second kappa shape index (κ2) is 8.61. The van der Waals surface area contributed by atoms with E-state index in [0.29, 0.717) is 11.3 Å². The van der Waals surface area contributed by atoms with Gasteiger partial charge in [0.2, 0.25) is 0 Å². The molecule has 0 heterocycles. The summed E-state index contributed by atoms with van der Waals surface area (Å²) in [4.78, 5) is 5.50. The summed E-state index contributed by atoms with van der Waals surface area (Å²) in [6, 6.07) is 28.0. The van der Waals surface area contributed by atoms with E-state index in [2.05, 4.69) is 11.2 Å². The fraction of sp³-hybridized carbons (Fsp3) is 0.0909. The summed E-state index contributed by atoms with van der Waals surface area (Å²) in [5, 5.41) is 23.8. The van der Waals surface area contributed by atoms with Gasteiger partial charge in [0, 0.05) is 5.56 Å². The predicted molar refractivity (Wildman–Crippen MR) is 100 cm³/mol. The van der Waals surface area contributed by atoms with Gasteiger partial charge in [-0.1, -0.05) is 78.0 Å². The molecular weight excluding hydrogens is 324 g/mol. The van der Waals surface area contributed by atoms with E-state index >= 15 is 0 Å². The summed E-state index contributed by atoms with van der Waals surface area (Å²) >= 11 is 0. The normalized spacial score (nSPS) is 12.2. The molecule has 0 saturated carbocycles. The number of hydrogen-bond donors (Lipinski definition) is 1. The molecule has 3 aromatic rings. The Hall–Kier alpha value is -3.42. The van der Waals surface area contributed by atoms with Gasteiger partial charge in [-0.25, -0.2) is 0 Å². The Morgan fingerprint density at radius 1 is 0.923 bits per heavy atom. The van der Waals surface area contributed by atoms with Crippen molar-refractivity contribution < 1.29 is 9.94 Å². The molecule has 3 aromatic carbocycles. The highest BCUT2D eigenvalue weighted by atomic mass is 16.6. The maximum atomic E-state index is 10.8. The summed E-state index contributed by atoms with van der Waals surface area (Å²) in [6.45, 7) is 0.254. The monoisotopic (exact) mass is 342 g/mol. The molecule has 1 N–H and O–H groups in total. The fourth-order valence-corrected chi connectivity index (χ4v) is 2.51. The first-order chi connectivity index (χ1) is 12.8. The fourth-order valence-electron chi connectivity index (χ4n) is 2.51. The molecule has 0 aliphatic heterocycles. The van der Waals surface area contributed by atoms with Crippen LogP contribution in [0, 0.1) is 11.3 Å². The van der Waals surface area contributed by atoms with Crippen molar-refractivity contribution in [2.45, 2.75) is 12.7 Å². The van der Waals surface area contributed by atoms with Gasteiger partial charge in [-0.15, -0.1) is 0 Å². The average molecular weight is 342 g/mol. The Balaban J connectivity index is 1.81. The lowest BCUT2D eigenvalue weighted by Gasteiger charge is -2.14. The number of hydrogen-bond acceptors (Lipinski definition) is 4. The maximum Gasteiger partial charge on any atom is 0.142 e. The zero-order valence-electron chi connectivity index (χ0n) is 14.1. The molecule has 0 bridgehead atoms. The van der Waals surface area contributed by atoms with Crippen molar-refractivity contribution in [3.8, 4) is 6.07 Å². The molecule has 1 atom stereocenters. The third-order valence-corrected chi connectivity index (χ3v) is 3.92. The van der Waals surface area contributed by atoms with Gasteiger partial charge in [0.05, 0.1) is 11.6 Å². The second-order valence-corrected chi connectivity index (χ2v) is 5.74. The molecule has 3 rings (SSSR count). The topological polar surface area (TPSA) is 65.6 Å². The van der Waals surface area contributed by atoms with Gasteiger partial charge in [-0.2, -0.15) is 5.26 Å². The number of oxime groups is 1. The van der Waals surface area contributed by atoms with Gasteiger partial charge in [0.15, 0.2) is 0 Å². The summed E-state index contributed by atoms with van der Waals surface area (Å²) in [6.07, 6.45) is -0.889. The first-order valence-corrected chi connectivity index (χ1v) is 8.25. The lowest BCUT2D eigenvalue weighted by molar-refractivity contribution is 0.125. The second-order valence-electron chi connectivity index (χ2n) is 5.74. The summed E-state index contributed by atoms with van der Waals surface area (Å²) < 4.78 is 0. The SMILES string of the molecule is N#Cc1ccc(CO/N=C(\c2ccccc2)C(O)c2ccccc2)cc1. The van der Waals surface area contributed by atoms with Crippen molar-refractivity contribution in [2.75, 3.05) is 0 Å². The minimum absolute atomic E-state index is 0.254. The number of benzene rings is 3. The van der Waals surface area contributed by atoms with Gasteiger partial charge in [0.25, 0.3) is 0 Å². The Labute approximate surface area is 152 Å². The molecule has 1 unspecified atom stereocenters. The lowest BCUT2D eigenvalue weighted by atomic mass is 9.99. The average Bonchev–Trinajstić information content (AvgIpc) is 2.72. The van der Waals surface area contributed by atoms with Gasteiger partial charge in [-0.3, -0.25) is 0 Å². The highest BCUT2D eigenvalue weighted by Gasteiger charge is 2.17. The summed E-state index contributed by atoms with van der Waals surface area (Å²) in [7, 11) is 0. The molecule has 0 saturated heterocycles. The summed E-state index contributed by atoms with van der Waals surface area (Å²) in [5.41, 5.74) is 3.49. The van der Waals surface area contributed by atoms with E-state index in [-0.39, 0.29) is 6.61 Å². The molecule has 0 radical (unpaired) electrons. The van der Waals surface area contributed by atoms with Gasteiger partial charge < -0.3 is 9.94 Å². The molecule has 4 heteroatoms. The Morgan fingerprint density at radius 2 is 1.54 bits per heavy atom. The third-order valence-electron chi connectivity index (χ3n) is 3.92. The molecule has 0 aliphatic carbocycles. The van der Waals surface area contributed by atoms with Gasteiger partial charge >= 0.3 is 0 Å². The van der Waals surface area contributed by atoms with Crippen molar-refractivity contribution >= 4 is 5.71 Å². The Bertz CT molecular complexity index is 898. The Kier molecular flexibility index (Phi) is 5.76. The van der Waals surface area contributed by atoms with Crippen LogP contribution < -0.4 is 0 Å². The number of rotatable bonds is 6. The van der Waals surface area contributed by atoms with Crippen molar-refractivity contribution in [2.24, 2.45) is 5.16 Å². The maximum absolute atomic E-state index is 10.8. The van der Waals surface area contributed by atoms with E-state index in [4.69, 9.17) is 10.1 Å². The van der Waals surface area contributed by atoms with Crippen LogP contribution in [0.1, 0.15) is 28.4 Å². The zero-order chi connectivity index (χ0) is 18.2. The van der Waals surface area contributed by atoms with E-state index < -0.39 is 6.10 Å². The van der Waals surface area contributed by atoms with Crippen molar-refractivity contribution in [3.05, 3.63) is 107 Å². The first kappa shape index (κ1) is 17.4. The van der Waals surface area contributed by atoms with E-state index in [1.54, 1.807) is 12.1 Å². The van der Waals surface area contributed by atoms with Crippen LogP contribution in [0.25, 0.3) is 0 Å². The smallest absolute Gasteiger partial charge is 0.142 e. The highest BCUT2D eigenvalue weighted by Crippen LogP contribution is 2.20. The molecule has 0 spiro atoms. The van der Waals surface area contributed by atoms with E-state index in [9.17, 15) is 5.11 Å². The molecule has 0 amide bonds. The number of aliphatic hydroxyl groups excluding tert-OH is 1. The molecular formula is C22H18N2O2. The van der Waals surface area contributed by atoms with E-state index in [1.165, 1.54) is 0 Å². The van der Waals surface area contributed by atoms with Crippen LogP contribution >= 0.6 is 0 Å². The standard InChI is InChI=1S/C22H18N2O2/c23-15-17-11-13-18(14-12-17)16-26-24-21(19-7-3-1-4-8-19)22(25)20-9-5-2-6-10-20/h1-14,22,25H,16H2/b24-21+. The van der Waals surface area contributed by atoms with Crippen LogP contribution in [0.4, 0.5) is 0 Å². The van der Waals surface area contributed by atoms with Crippen LogP contribution in [-0.2, 0) is 11.4 Å². The van der Waals surface area contributed by atoms with Crippen LogP contribution in [-0.4, -0.2) is 10.8 Å². The van der Waals surface area contributed by atoms with Crippen molar-refractivity contribution in [3.63, 3.8) is 0 Å². The largest absolute Gasteiger partial charge is 0.391 e.